The lowest BCUT2D eigenvalue weighted by Gasteiger charge is -2.07. The first kappa shape index (κ1) is 17.5. The van der Waals surface area contributed by atoms with E-state index in [0.717, 1.165) is 0 Å². The SMILES string of the molecule is c1ccc2c(SCCCCSc3cccc4ccccc34)cccc2c1. The van der Waals surface area contributed by atoms with E-state index in [9.17, 15) is 0 Å². The molecular weight excluding hydrogens is 352 g/mol. The van der Waals surface area contributed by atoms with Gasteiger partial charge in [-0.2, -0.15) is 0 Å². The van der Waals surface area contributed by atoms with Gasteiger partial charge in [0.25, 0.3) is 0 Å². The fraction of sp³-hybridized carbons (Fsp3) is 0.167. The van der Waals surface area contributed by atoms with E-state index in [4.69, 9.17) is 0 Å². The standard InChI is InChI=1S/C24H22S2/c1-3-13-21-19(9-1)11-7-15-23(21)25-17-5-6-18-26-24-16-8-12-20-10-2-4-14-22(20)24/h1-4,7-16H,5-6,17-18H2. The van der Waals surface area contributed by atoms with Crippen LogP contribution in [0.15, 0.2) is 94.7 Å². The minimum absolute atomic E-state index is 1.18. The fourth-order valence-electron chi connectivity index (χ4n) is 3.21. The smallest absolute Gasteiger partial charge is 0.0150 e. The predicted molar refractivity (Wildman–Crippen MR) is 119 cm³/mol. The third-order valence-electron chi connectivity index (χ3n) is 4.55. The summed E-state index contributed by atoms with van der Waals surface area (Å²) in [6.07, 6.45) is 2.51. The lowest BCUT2D eigenvalue weighted by molar-refractivity contribution is 0.907. The largest absolute Gasteiger partial charge is 0.126 e. The van der Waals surface area contributed by atoms with Crippen LogP contribution in [0.4, 0.5) is 0 Å². The molecule has 0 radical (unpaired) electrons. The quantitative estimate of drug-likeness (QED) is 0.240. The Kier molecular flexibility index (Phi) is 5.83. The first-order valence-electron chi connectivity index (χ1n) is 9.13. The zero-order chi connectivity index (χ0) is 17.6. The highest BCUT2D eigenvalue weighted by Crippen LogP contribution is 2.30. The van der Waals surface area contributed by atoms with Crippen LogP contribution in [0.1, 0.15) is 12.8 Å². The van der Waals surface area contributed by atoms with Gasteiger partial charge >= 0.3 is 0 Å². The lowest BCUT2D eigenvalue weighted by atomic mass is 10.1. The minimum Gasteiger partial charge on any atom is -0.126 e. The lowest BCUT2D eigenvalue weighted by Crippen LogP contribution is -1.86. The van der Waals surface area contributed by atoms with Crippen LogP contribution >= 0.6 is 23.5 Å². The van der Waals surface area contributed by atoms with E-state index in [-0.39, 0.29) is 0 Å². The van der Waals surface area contributed by atoms with E-state index in [2.05, 4.69) is 84.9 Å². The third kappa shape index (κ3) is 4.08. The van der Waals surface area contributed by atoms with Crippen LogP contribution in [0, 0.1) is 0 Å². The molecule has 0 spiro atoms. The monoisotopic (exact) mass is 374 g/mol. The first-order valence-corrected chi connectivity index (χ1v) is 11.1. The highest BCUT2D eigenvalue weighted by atomic mass is 32.2. The maximum atomic E-state index is 2.25. The summed E-state index contributed by atoms with van der Waals surface area (Å²) in [6.45, 7) is 0. The molecule has 26 heavy (non-hydrogen) atoms. The maximum absolute atomic E-state index is 2.25. The zero-order valence-corrected chi connectivity index (χ0v) is 16.4. The Hall–Kier alpha value is -1.90. The molecule has 0 N–H and O–H groups in total. The minimum atomic E-state index is 1.18. The van der Waals surface area contributed by atoms with Gasteiger partial charge in [0.2, 0.25) is 0 Å². The molecule has 0 aliphatic carbocycles. The van der Waals surface area contributed by atoms with Gasteiger partial charge < -0.3 is 0 Å². The van der Waals surface area contributed by atoms with Gasteiger partial charge in [-0.3, -0.25) is 0 Å². The summed E-state index contributed by atoms with van der Waals surface area (Å²) in [7, 11) is 0. The number of thioether (sulfide) groups is 2. The Morgan fingerprint density at radius 3 is 1.38 bits per heavy atom. The molecule has 4 aromatic rings. The van der Waals surface area contributed by atoms with Gasteiger partial charge in [0, 0.05) is 9.79 Å². The number of rotatable bonds is 7. The Morgan fingerprint density at radius 2 is 0.885 bits per heavy atom. The van der Waals surface area contributed by atoms with E-state index >= 15 is 0 Å². The summed E-state index contributed by atoms with van der Waals surface area (Å²) < 4.78 is 0. The number of fused-ring (bicyclic) bond motifs is 2. The van der Waals surface area contributed by atoms with Crippen molar-refractivity contribution in [1.29, 1.82) is 0 Å². The van der Waals surface area contributed by atoms with Gasteiger partial charge in [-0.1, -0.05) is 72.8 Å². The Bertz CT molecular complexity index is 913. The molecule has 0 unspecified atom stereocenters. The molecule has 0 aliphatic heterocycles. The van der Waals surface area contributed by atoms with Crippen LogP contribution in [0.25, 0.3) is 21.5 Å². The second-order valence-electron chi connectivity index (χ2n) is 6.36. The molecule has 0 aromatic heterocycles. The van der Waals surface area contributed by atoms with E-state index in [1.165, 1.54) is 55.7 Å². The van der Waals surface area contributed by atoms with E-state index in [1.54, 1.807) is 0 Å². The first-order chi connectivity index (χ1) is 12.9. The second kappa shape index (κ2) is 8.66. The van der Waals surface area contributed by atoms with Crippen molar-refractivity contribution in [2.24, 2.45) is 0 Å². The van der Waals surface area contributed by atoms with E-state index in [0.29, 0.717) is 0 Å². The van der Waals surface area contributed by atoms with Crippen LogP contribution < -0.4 is 0 Å². The Morgan fingerprint density at radius 1 is 0.462 bits per heavy atom. The number of hydrogen-bond donors (Lipinski definition) is 0. The summed E-state index contributed by atoms with van der Waals surface area (Å²) in [6, 6.07) is 30.6. The molecule has 0 atom stereocenters. The molecular formula is C24H22S2. The van der Waals surface area contributed by atoms with Gasteiger partial charge in [0.15, 0.2) is 0 Å². The molecule has 0 heterocycles. The highest BCUT2D eigenvalue weighted by molar-refractivity contribution is 7.99. The molecule has 2 heteroatoms. The topological polar surface area (TPSA) is 0 Å². The van der Waals surface area contributed by atoms with Gasteiger partial charge in [0.05, 0.1) is 0 Å². The molecule has 0 bridgehead atoms. The average Bonchev–Trinajstić information content (AvgIpc) is 2.71. The summed E-state index contributed by atoms with van der Waals surface area (Å²) in [5.41, 5.74) is 0. The molecule has 0 amide bonds. The van der Waals surface area contributed by atoms with Crippen molar-refractivity contribution >= 4 is 45.1 Å². The fourth-order valence-corrected chi connectivity index (χ4v) is 5.38. The Labute approximate surface area is 164 Å². The van der Waals surface area contributed by atoms with E-state index < -0.39 is 0 Å². The third-order valence-corrected chi connectivity index (χ3v) is 6.87. The van der Waals surface area contributed by atoms with Crippen molar-refractivity contribution < 1.29 is 0 Å². The van der Waals surface area contributed by atoms with Crippen molar-refractivity contribution in [3.8, 4) is 0 Å². The molecule has 0 saturated heterocycles. The molecule has 4 rings (SSSR count). The summed E-state index contributed by atoms with van der Waals surface area (Å²) in [5.74, 6) is 2.37. The molecule has 130 valence electrons. The van der Waals surface area contributed by atoms with Crippen LogP contribution in [0.5, 0.6) is 0 Å². The van der Waals surface area contributed by atoms with Crippen molar-refractivity contribution in [2.45, 2.75) is 22.6 Å². The molecule has 0 aliphatic rings. The van der Waals surface area contributed by atoms with Crippen molar-refractivity contribution in [3.05, 3.63) is 84.9 Å². The van der Waals surface area contributed by atoms with Crippen LogP contribution in [0.2, 0.25) is 0 Å². The molecule has 4 aromatic carbocycles. The highest BCUT2D eigenvalue weighted by Gasteiger charge is 2.02. The predicted octanol–water partition coefficient (Wildman–Crippen LogP) is 7.66. The van der Waals surface area contributed by atoms with Crippen LogP contribution in [0.3, 0.4) is 0 Å². The van der Waals surface area contributed by atoms with Crippen LogP contribution in [-0.2, 0) is 0 Å². The van der Waals surface area contributed by atoms with Crippen LogP contribution in [-0.4, -0.2) is 11.5 Å². The summed E-state index contributed by atoms with van der Waals surface area (Å²) >= 11 is 3.98. The molecule has 0 saturated carbocycles. The molecule has 0 fully saturated rings. The summed E-state index contributed by atoms with van der Waals surface area (Å²) in [5, 5.41) is 5.43. The number of unbranched alkanes of at least 4 members (excludes halogenated alkanes) is 1. The number of benzene rings is 4. The maximum Gasteiger partial charge on any atom is 0.0150 e. The van der Waals surface area contributed by atoms with Gasteiger partial charge in [-0.05, 0) is 58.0 Å². The summed E-state index contributed by atoms with van der Waals surface area (Å²) in [4.78, 5) is 2.81. The van der Waals surface area contributed by atoms with Crippen molar-refractivity contribution in [3.63, 3.8) is 0 Å². The van der Waals surface area contributed by atoms with Gasteiger partial charge in [-0.15, -0.1) is 23.5 Å². The second-order valence-corrected chi connectivity index (χ2v) is 8.63. The zero-order valence-electron chi connectivity index (χ0n) is 14.7. The number of hydrogen-bond acceptors (Lipinski definition) is 2. The molecule has 0 nitrogen and oxygen atoms in total. The Balaban J connectivity index is 1.28. The normalized spacial score (nSPS) is 11.2. The van der Waals surface area contributed by atoms with Gasteiger partial charge in [-0.25, -0.2) is 0 Å². The van der Waals surface area contributed by atoms with Crippen molar-refractivity contribution in [1.82, 2.24) is 0 Å². The van der Waals surface area contributed by atoms with Gasteiger partial charge in [0.1, 0.15) is 0 Å². The van der Waals surface area contributed by atoms with Crippen molar-refractivity contribution in [2.75, 3.05) is 11.5 Å². The average molecular weight is 375 g/mol. The van der Waals surface area contributed by atoms with E-state index in [1.807, 2.05) is 23.5 Å².